The predicted octanol–water partition coefficient (Wildman–Crippen LogP) is 4.26. The Morgan fingerprint density at radius 2 is 1.82 bits per heavy atom. The highest BCUT2D eigenvalue weighted by atomic mass is 32.2. The second-order valence-electron chi connectivity index (χ2n) is 7.20. The van der Waals surface area contributed by atoms with Crippen molar-refractivity contribution in [2.75, 3.05) is 7.05 Å². The number of nitrogens with zero attached hydrogens (tertiary/aromatic N) is 1. The highest BCUT2D eigenvalue weighted by molar-refractivity contribution is 7.84. The number of hydrogen-bond acceptors (Lipinski definition) is 1. The van der Waals surface area contributed by atoms with Crippen LogP contribution in [0, 0.1) is 5.92 Å². The lowest BCUT2D eigenvalue weighted by Gasteiger charge is -2.31. The first-order valence-corrected chi connectivity index (χ1v) is 8.48. The molecule has 1 aromatic rings. The lowest BCUT2D eigenvalue weighted by atomic mass is 10.00. The molecule has 2 aliphatic carbocycles. The zero-order chi connectivity index (χ0) is 16.4. The monoisotopic (exact) mass is 331 g/mol. The van der Waals surface area contributed by atoms with Gasteiger partial charge >= 0.3 is 6.18 Å². The van der Waals surface area contributed by atoms with Crippen LogP contribution < -0.4 is 0 Å². The Hall–Kier alpha value is -0.880. The molecular formula is C16H20F3NOS. The van der Waals surface area contributed by atoms with E-state index in [1.165, 1.54) is 6.07 Å². The minimum absolute atomic E-state index is 0.0395. The van der Waals surface area contributed by atoms with Gasteiger partial charge in [0.05, 0.1) is 16.4 Å². The van der Waals surface area contributed by atoms with Crippen molar-refractivity contribution in [2.45, 2.75) is 50.1 Å². The number of alkyl halides is 3. The molecule has 0 aliphatic heterocycles. The van der Waals surface area contributed by atoms with Crippen molar-refractivity contribution in [2.24, 2.45) is 5.92 Å². The molecule has 0 saturated heterocycles. The summed E-state index contributed by atoms with van der Waals surface area (Å²) in [4.78, 5) is 0. The van der Waals surface area contributed by atoms with Crippen LogP contribution in [0.4, 0.5) is 13.2 Å². The van der Waals surface area contributed by atoms with E-state index >= 15 is 0 Å². The summed E-state index contributed by atoms with van der Waals surface area (Å²) in [6.45, 7) is 5.73. The van der Waals surface area contributed by atoms with Crippen molar-refractivity contribution in [3.8, 4) is 0 Å². The summed E-state index contributed by atoms with van der Waals surface area (Å²) in [6.07, 6.45) is -3.41. The van der Waals surface area contributed by atoms with E-state index in [2.05, 4.69) is 0 Å². The van der Waals surface area contributed by atoms with Gasteiger partial charge in [0.1, 0.15) is 11.0 Å². The van der Waals surface area contributed by atoms with Crippen LogP contribution in [0.15, 0.2) is 18.2 Å². The first kappa shape index (κ1) is 16.0. The van der Waals surface area contributed by atoms with Crippen molar-refractivity contribution in [1.29, 1.82) is 0 Å². The van der Waals surface area contributed by atoms with Crippen molar-refractivity contribution in [1.82, 2.24) is 4.31 Å². The van der Waals surface area contributed by atoms with Gasteiger partial charge in [-0.15, -0.1) is 0 Å². The number of rotatable bonds is 2. The quantitative estimate of drug-likeness (QED) is 0.793. The van der Waals surface area contributed by atoms with Crippen LogP contribution >= 0.6 is 0 Å². The molecule has 122 valence electrons. The summed E-state index contributed by atoms with van der Waals surface area (Å²) in [5.41, 5.74) is 1.12. The molecule has 1 unspecified atom stereocenters. The minimum Gasteiger partial charge on any atom is -0.242 e. The summed E-state index contributed by atoms with van der Waals surface area (Å²) in [5, 5.41) is 0. The van der Waals surface area contributed by atoms with Crippen LogP contribution in [0.25, 0.3) is 0 Å². The molecular weight excluding hydrogens is 311 g/mol. The Labute approximate surface area is 131 Å². The molecule has 1 saturated carbocycles. The molecule has 1 fully saturated rings. The van der Waals surface area contributed by atoms with E-state index in [1.807, 2.05) is 32.1 Å². The Morgan fingerprint density at radius 3 is 2.36 bits per heavy atom. The zero-order valence-corrected chi connectivity index (χ0v) is 13.9. The summed E-state index contributed by atoms with van der Waals surface area (Å²) < 4.78 is 52.7. The maximum absolute atomic E-state index is 12.9. The number of hydrogen-bond donors (Lipinski definition) is 0. The van der Waals surface area contributed by atoms with Crippen molar-refractivity contribution in [3.63, 3.8) is 0 Å². The fraction of sp³-hybridized carbons (Fsp3) is 0.625. The molecule has 0 heterocycles. The molecule has 2 aliphatic rings. The van der Waals surface area contributed by atoms with Gasteiger partial charge in [-0.05, 0) is 62.3 Å². The molecule has 0 radical (unpaired) electrons. The van der Waals surface area contributed by atoms with Crippen molar-refractivity contribution in [3.05, 3.63) is 34.9 Å². The van der Waals surface area contributed by atoms with E-state index in [0.29, 0.717) is 5.92 Å². The summed E-state index contributed by atoms with van der Waals surface area (Å²) in [6, 6.07) is 3.96. The SMILES string of the molecule is CN([C@@H]1c2ccc(C(F)(F)F)cc2[C@H]2C[C@H]21)S(=O)C(C)(C)C. The van der Waals surface area contributed by atoms with E-state index in [-0.39, 0.29) is 16.7 Å². The van der Waals surface area contributed by atoms with Gasteiger partial charge in [0.2, 0.25) is 0 Å². The Balaban J connectivity index is 1.95. The maximum atomic E-state index is 12.9. The van der Waals surface area contributed by atoms with Crippen LogP contribution in [-0.2, 0) is 17.2 Å². The topological polar surface area (TPSA) is 20.3 Å². The standard InChI is InChI=1S/C16H20F3NOS/c1-15(2,3)22(21)20(4)14-10-6-5-9(16(17,18)19)7-11(10)12-8-13(12)14/h5-7,12-14H,8H2,1-4H3/t12-,13-,14-,22?/m1/s1. The van der Waals surface area contributed by atoms with Crippen LogP contribution in [0.5, 0.6) is 0 Å². The van der Waals surface area contributed by atoms with Crippen molar-refractivity contribution >= 4 is 11.0 Å². The van der Waals surface area contributed by atoms with E-state index < -0.39 is 22.7 Å². The van der Waals surface area contributed by atoms with Crippen molar-refractivity contribution < 1.29 is 17.4 Å². The number of halogens is 3. The lowest BCUT2D eigenvalue weighted by Crippen LogP contribution is -2.37. The highest BCUT2D eigenvalue weighted by Crippen LogP contribution is 2.64. The number of fused-ring (bicyclic) bond motifs is 3. The molecule has 2 nitrogen and oxygen atoms in total. The van der Waals surface area contributed by atoms with Gasteiger partial charge in [-0.1, -0.05) is 6.07 Å². The average Bonchev–Trinajstić information content (AvgIpc) is 3.10. The molecule has 22 heavy (non-hydrogen) atoms. The maximum Gasteiger partial charge on any atom is 0.416 e. The van der Waals surface area contributed by atoms with Gasteiger partial charge < -0.3 is 0 Å². The fourth-order valence-corrected chi connectivity index (χ4v) is 4.83. The van der Waals surface area contributed by atoms with E-state index in [1.54, 1.807) is 6.07 Å². The average molecular weight is 331 g/mol. The summed E-state index contributed by atoms with van der Waals surface area (Å²) in [5.74, 6) is 0.497. The van der Waals surface area contributed by atoms with Crippen LogP contribution in [0.1, 0.15) is 55.8 Å². The first-order chi connectivity index (χ1) is 10.0. The normalized spacial score (nSPS) is 28.5. The molecule has 0 N–H and O–H groups in total. The van der Waals surface area contributed by atoms with Gasteiger partial charge in [0.25, 0.3) is 0 Å². The van der Waals surface area contributed by atoms with Gasteiger partial charge in [-0.25, -0.2) is 8.51 Å². The largest absolute Gasteiger partial charge is 0.416 e. The molecule has 0 bridgehead atoms. The van der Waals surface area contributed by atoms with Crippen LogP contribution in [-0.4, -0.2) is 20.3 Å². The van der Waals surface area contributed by atoms with Crippen LogP contribution in [0.2, 0.25) is 0 Å². The second-order valence-corrected chi connectivity index (χ2v) is 9.50. The Kier molecular flexibility index (Phi) is 3.49. The highest BCUT2D eigenvalue weighted by Gasteiger charge is 2.55. The third kappa shape index (κ3) is 2.50. The van der Waals surface area contributed by atoms with E-state index in [4.69, 9.17) is 0 Å². The third-order valence-corrected chi connectivity index (χ3v) is 6.35. The molecule has 4 atom stereocenters. The Bertz CT molecular complexity index is 635. The fourth-order valence-electron chi connectivity index (χ4n) is 3.49. The minimum atomic E-state index is -4.31. The zero-order valence-electron chi connectivity index (χ0n) is 13.1. The van der Waals surface area contributed by atoms with E-state index in [0.717, 1.165) is 23.6 Å². The lowest BCUT2D eigenvalue weighted by molar-refractivity contribution is -0.137. The van der Waals surface area contributed by atoms with Gasteiger partial charge in [-0.2, -0.15) is 13.2 Å². The third-order valence-electron chi connectivity index (χ3n) is 4.55. The predicted molar refractivity (Wildman–Crippen MR) is 80.7 cm³/mol. The second kappa shape index (κ2) is 4.81. The molecule has 1 aromatic carbocycles. The molecule has 0 aromatic heterocycles. The first-order valence-electron chi connectivity index (χ1n) is 7.37. The number of benzene rings is 1. The van der Waals surface area contributed by atoms with E-state index in [9.17, 15) is 17.4 Å². The summed E-state index contributed by atoms with van der Waals surface area (Å²) in [7, 11) is 0.629. The molecule has 3 rings (SSSR count). The van der Waals surface area contributed by atoms with Crippen LogP contribution in [0.3, 0.4) is 0 Å². The van der Waals surface area contributed by atoms with Gasteiger partial charge in [0.15, 0.2) is 0 Å². The summed E-state index contributed by atoms with van der Waals surface area (Å²) >= 11 is 0. The van der Waals surface area contributed by atoms with Gasteiger partial charge in [0, 0.05) is 7.05 Å². The Morgan fingerprint density at radius 1 is 1.18 bits per heavy atom. The van der Waals surface area contributed by atoms with Gasteiger partial charge in [-0.3, -0.25) is 0 Å². The molecule has 0 amide bonds. The smallest absolute Gasteiger partial charge is 0.242 e. The molecule has 0 spiro atoms. The molecule has 6 heteroatoms.